The number of hydrogen-bond donors (Lipinski definition) is 2. The zero-order valence-electron chi connectivity index (χ0n) is 25.2. The van der Waals surface area contributed by atoms with E-state index in [-0.39, 0.29) is 66.4 Å². The molecular weight excluding hydrogens is 588 g/mol. The summed E-state index contributed by atoms with van der Waals surface area (Å²) in [5.74, 6) is -0.405. The molecule has 5 rings (SSSR count). The van der Waals surface area contributed by atoms with Crippen LogP contribution in [0.4, 0.5) is 0 Å². The van der Waals surface area contributed by atoms with Gasteiger partial charge in [0, 0.05) is 24.7 Å². The zero-order chi connectivity index (χ0) is 31.4. The summed E-state index contributed by atoms with van der Waals surface area (Å²) in [5, 5.41) is 0.476. The van der Waals surface area contributed by atoms with Crippen LogP contribution in [-0.4, -0.2) is 63.3 Å². The summed E-state index contributed by atoms with van der Waals surface area (Å²) >= 11 is 0. The molecule has 3 saturated carbocycles. The van der Waals surface area contributed by atoms with Gasteiger partial charge in [0.1, 0.15) is 12.2 Å². The monoisotopic (exact) mass is 632 g/mol. The fraction of sp³-hybridized carbons (Fsp3) is 0.857. The first kappa shape index (κ1) is 32.8. The largest absolute Gasteiger partial charge is 0.462 e. The zero-order valence-corrected chi connectivity index (χ0v) is 26.8. The summed E-state index contributed by atoms with van der Waals surface area (Å²) in [7, 11) is -7.71. The number of esters is 2. The van der Waals surface area contributed by atoms with E-state index in [2.05, 4.69) is 5.32 Å². The van der Waals surface area contributed by atoms with Gasteiger partial charge in [-0.05, 0) is 78.1 Å². The van der Waals surface area contributed by atoms with Crippen LogP contribution in [0.5, 0.6) is 0 Å². The number of nitrogens with one attached hydrogen (secondary N) is 2. The minimum Gasteiger partial charge on any atom is -0.462 e. The van der Waals surface area contributed by atoms with Gasteiger partial charge >= 0.3 is 11.9 Å². The molecule has 2 amide bonds. The van der Waals surface area contributed by atoms with E-state index >= 15 is 0 Å². The van der Waals surface area contributed by atoms with Crippen LogP contribution in [0.1, 0.15) is 92.9 Å². The van der Waals surface area contributed by atoms with Gasteiger partial charge in [-0.3, -0.25) is 24.5 Å². The second-order valence-corrected chi connectivity index (χ2v) is 17.8. The van der Waals surface area contributed by atoms with Gasteiger partial charge in [-0.1, -0.05) is 13.8 Å². The molecule has 12 nitrogen and oxygen atoms in total. The Hall–Kier alpha value is -2.06. The van der Waals surface area contributed by atoms with Gasteiger partial charge in [-0.15, -0.1) is 4.13 Å². The third kappa shape index (κ3) is 6.26. The van der Waals surface area contributed by atoms with E-state index in [1.54, 1.807) is 18.0 Å². The lowest BCUT2D eigenvalue weighted by molar-refractivity contribution is -0.165. The van der Waals surface area contributed by atoms with Gasteiger partial charge < -0.3 is 9.47 Å². The van der Waals surface area contributed by atoms with Crippen LogP contribution < -0.4 is 9.44 Å². The molecule has 2 bridgehead atoms. The van der Waals surface area contributed by atoms with Crippen LogP contribution in [-0.2, 0) is 48.7 Å². The van der Waals surface area contributed by atoms with Crippen LogP contribution in [0.25, 0.3) is 0 Å². The summed E-state index contributed by atoms with van der Waals surface area (Å²) in [6, 6.07) is 0. The molecule has 2 aliphatic heterocycles. The summed E-state index contributed by atoms with van der Waals surface area (Å²) in [5.41, 5.74) is -1.10. The minimum atomic E-state index is -3.89. The lowest BCUT2D eigenvalue weighted by Crippen LogP contribution is -2.50. The van der Waals surface area contributed by atoms with Crippen LogP contribution >= 0.6 is 0 Å². The summed E-state index contributed by atoms with van der Waals surface area (Å²) in [6.07, 6.45) is 3.32. The van der Waals surface area contributed by atoms with Crippen molar-refractivity contribution in [1.82, 2.24) is 9.44 Å². The highest BCUT2D eigenvalue weighted by molar-refractivity contribution is 8.08. The van der Waals surface area contributed by atoms with E-state index in [9.17, 15) is 36.0 Å². The first-order valence-electron chi connectivity index (χ1n) is 14.8. The first-order chi connectivity index (χ1) is 19.3. The molecule has 8 unspecified atom stereocenters. The molecule has 2 saturated heterocycles. The Kier molecular flexibility index (Phi) is 8.96. The Morgan fingerprint density at radius 1 is 0.810 bits per heavy atom. The van der Waals surface area contributed by atoms with Crippen molar-refractivity contribution in [2.75, 3.05) is 0 Å². The highest BCUT2D eigenvalue weighted by atomic mass is 32.3. The minimum absolute atomic E-state index is 0.0325. The number of carbonyl (C=O) groups is 4. The maximum Gasteiger partial charge on any atom is 0.311 e. The van der Waals surface area contributed by atoms with E-state index in [0.29, 0.717) is 19.3 Å². The topological polar surface area (TPSA) is 179 Å². The van der Waals surface area contributed by atoms with Gasteiger partial charge in [0.05, 0.1) is 21.3 Å². The molecule has 0 aromatic heterocycles. The molecule has 0 aromatic rings. The number of carbonyl (C=O) groups excluding carboxylic acids is 4. The van der Waals surface area contributed by atoms with E-state index < -0.39 is 47.5 Å². The number of amides is 2. The fourth-order valence-corrected chi connectivity index (χ4v) is 11.9. The second kappa shape index (κ2) is 11.5. The Balaban J connectivity index is 0.000000193. The lowest BCUT2D eigenvalue weighted by Gasteiger charge is -2.37. The maximum atomic E-state index is 12.2. The molecule has 2 heterocycles. The molecule has 8 atom stereocenters. The van der Waals surface area contributed by atoms with Crippen molar-refractivity contribution in [2.24, 2.45) is 34.5 Å². The predicted octanol–water partition coefficient (Wildman–Crippen LogP) is 2.17. The van der Waals surface area contributed by atoms with Gasteiger partial charge in [0.2, 0.25) is 31.9 Å². The molecule has 0 spiro atoms. The molecule has 0 aromatic carbocycles. The summed E-state index contributed by atoms with van der Waals surface area (Å²) in [6.45, 7) is 11.2. The number of fused-ring (bicyclic) bond motifs is 6. The van der Waals surface area contributed by atoms with Crippen molar-refractivity contribution < 1.29 is 45.5 Å². The highest BCUT2D eigenvalue weighted by Crippen LogP contribution is 2.55. The molecule has 5 aliphatic rings. The Bertz CT molecular complexity index is 1340. The number of rotatable bonds is 6. The van der Waals surface area contributed by atoms with Crippen molar-refractivity contribution >= 4 is 43.8 Å². The second-order valence-electron chi connectivity index (χ2n) is 13.7. The number of hydrogen-bond acceptors (Lipinski definition) is 10. The first-order valence-corrected chi connectivity index (χ1v) is 17.9. The van der Waals surface area contributed by atoms with Gasteiger partial charge in [0.25, 0.3) is 0 Å². The van der Waals surface area contributed by atoms with Crippen molar-refractivity contribution in [3.05, 3.63) is 0 Å². The predicted molar refractivity (Wildman–Crippen MR) is 151 cm³/mol. The third-order valence-electron chi connectivity index (χ3n) is 10.2. The van der Waals surface area contributed by atoms with Crippen LogP contribution in [0.2, 0.25) is 0 Å². The highest BCUT2D eigenvalue weighted by Gasteiger charge is 2.59. The van der Waals surface area contributed by atoms with E-state index in [1.165, 1.54) is 0 Å². The van der Waals surface area contributed by atoms with Crippen LogP contribution in [0.15, 0.2) is 0 Å². The molecule has 42 heavy (non-hydrogen) atoms. The quantitative estimate of drug-likeness (QED) is 0.326. The molecule has 238 valence electrons. The van der Waals surface area contributed by atoms with Crippen molar-refractivity contribution in [3.63, 3.8) is 0 Å². The normalized spacial score (nSPS) is 36.1. The number of ether oxygens (including phenoxy) is 2. The van der Waals surface area contributed by atoms with Crippen molar-refractivity contribution in [3.8, 4) is 0 Å². The SMILES string of the molecule is CCC(C)(C)C(=O)OC1CC2CC1C1CC(=O)NC(=O)C21.CCC(C)(C)C(=O)OC1CCC2C(C1)S(=O)(=O)NS2(=O)=O. The van der Waals surface area contributed by atoms with E-state index in [4.69, 9.17) is 9.47 Å². The van der Waals surface area contributed by atoms with Crippen molar-refractivity contribution in [2.45, 2.75) is 116 Å². The van der Waals surface area contributed by atoms with Crippen LogP contribution in [0.3, 0.4) is 0 Å². The Morgan fingerprint density at radius 2 is 1.38 bits per heavy atom. The molecular formula is C28H44N2O10S2. The number of imide groups is 1. The molecule has 5 fully saturated rings. The maximum absolute atomic E-state index is 12.2. The van der Waals surface area contributed by atoms with Crippen molar-refractivity contribution in [1.29, 1.82) is 0 Å². The number of piperidine rings is 1. The number of sulfonamides is 2. The smallest absolute Gasteiger partial charge is 0.311 e. The summed E-state index contributed by atoms with van der Waals surface area (Å²) in [4.78, 5) is 47.8. The Morgan fingerprint density at radius 3 is 1.98 bits per heavy atom. The lowest BCUT2D eigenvalue weighted by atomic mass is 9.73. The van der Waals surface area contributed by atoms with Gasteiger partial charge in [-0.2, -0.15) is 0 Å². The molecule has 2 N–H and O–H groups in total. The molecule has 14 heteroatoms. The Labute approximate surface area is 248 Å². The molecule has 3 aliphatic carbocycles. The molecule has 0 radical (unpaired) electrons. The van der Waals surface area contributed by atoms with E-state index in [0.717, 1.165) is 19.3 Å². The third-order valence-corrected chi connectivity index (χ3v) is 14.9. The van der Waals surface area contributed by atoms with Gasteiger partial charge in [0.15, 0.2) is 0 Å². The van der Waals surface area contributed by atoms with E-state index in [1.807, 2.05) is 27.7 Å². The van der Waals surface area contributed by atoms with Crippen LogP contribution in [0, 0.1) is 34.5 Å². The van der Waals surface area contributed by atoms with Gasteiger partial charge in [-0.25, -0.2) is 16.8 Å². The standard InChI is InChI=1S/C16H23NO4.C12H21NO6S2/c1-4-16(2,3)15(20)21-11-6-8-5-9(11)10-7-12(18)17-14(19)13(8)10;1-4-12(2,3)11(14)19-8-5-6-9-10(7-8)21(17,18)13-20(9,15)16/h8-11,13H,4-7H2,1-3H3,(H,17,18,19);8-10,13H,4-7H2,1-3H3. The fourth-order valence-electron chi connectivity index (χ4n) is 6.77. The summed E-state index contributed by atoms with van der Waals surface area (Å²) < 4.78 is 60.1. The average molecular weight is 633 g/mol. The average Bonchev–Trinajstić information content (AvgIpc) is 3.51.